The van der Waals surface area contributed by atoms with Crippen LogP contribution in [0.5, 0.6) is 0 Å². The molecule has 140 valence electrons. The SMILES string of the molecule is C=CC.CCCCCCCCCCOCCOCCS(=O)(=O)O. The summed E-state index contributed by atoms with van der Waals surface area (Å²) in [6, 6.07) is 0. The van der Waals surface area contributed by atoms with E-state index >= 15 is 0 Å². The zero-order chi connectivity index (χ0) is 17.8. The van der Waals surface area contributed by atoms with Crippen LogP contribution in [0.1, 0.15) is 65.2 Å². The van der Waals surface area contributed by atoms with Crippen molar-refractivity contribution in [3.63, 3.8) is 0 Å². The summed E-state index contributed by atoms with van der Waals surface area (Å²) in [6.07, 6.45) is 12.0. The molecule has 0 aliphatic heterocycles. The average molecular weight is 353 g/mol. The van der Waals surface area contributed by atoms with Crippen molar-refractivity contribution < 1.29 is 22.4 Å². The van der Waals surface area contributed by atoms with Crippen LogP contribution in [0.3, 0.4) is 0 Å². The monoisotopic (exact) mass is 352 g/mol. The van der Waals surface area contributed by atoms with Gasteiger partial charge in [0.05, 0.1) is 25.6 Å². The summed E-state index contributed by atoms with van der Waals surface area (Å²) in [5.74, 6) is -0.356. The van der Waals surface area contributed by atoms with E-state index < -0.39 is 10.1 Å². The van der Waals surface area contributed by atoms with Crippen molar-refractivity contribution in [2.24, 2.45) is 0 Å². The van der Waals surface area contributed by atoms with Gasteiger partial charge in [-0.05, 0) is 13.3 Å². The van der Waals surface area contributed by atoms with Crippen LogP contribution in [-0.4, -0.2) is 45.2 Å². The van der Waals surface area contributed by atoms with Crippen molar-refractivity contribution in [1.29, 1.82) is 0 Å². The zero-order valence-corrected chi connectivity index (χ0v) is 15.8. The summed E-state index contributed by atoms with van der Waals surface area (Å²) in [4.78, 5) is 0. The number of rotatable bonds is 15. The van der Waals surface area contributed by atoms with Crippen LogP contribution >= 0.6 is 0 Å². The maximum Gasteiger partial charge on any atom is 0.267 e. The Morgan fingerprint density at radius 1 is 0.870 bits per heavy atom. The Morgan fingerprint density at radius 2 is 1.30 bits per heavy atom. The van der Waals surface area contributed by atoms with E-state index in [2.05, 4.69) is 13.5 Å². The lowest BCUT2D eigenvalue weighted by atomic mass is 10.1. The summed E-state index contributed by atoms with van der Waals surface area (Å²) in [7, 11) is -3.91. The van der Waals surface area contributed by atoms with Gasteiger partial charge in [0.2, 0.25) is 0 Å². The molecule has 0 unspecified atom stereocenters. The van der Waals surface area contributed by atoms with Crippen molar-refractivity contribution in [2.75, 3.05) is 32.2 Å². The molecule has 0 aromatic rings. The second kappa shape index (κ2) is 19.6. The maximum absolute atomic E-state index is 10.4. The summed E-state index contributed by atoms with van der Waals surface area (Å²) >= 11 is 0. The molecule has 0 saturated carbocycles. The van der Waals surface area contributed by atoms with Crippen molar-refractivity contribution in [3.05, 3.63) is 12.7 Å². The van der Waals surface area contributed by atoms with E-state index in [0.717, 1.165) is 13.0 Å². The van der Waals surface area contributed by atoms with Crippen LogP contribution in [0, 0.1) is 0 Å². The molecule has 1 N–H and O–H groups in total. The lowest BCUT2D eigenvalue weighted by Crippen LogP contribution is -2.13. The van der Waals surface area contributed by atoms with E-state index in [0.29, 0.717) is 13.2 Å². The van der Waals surface area contributed by atoms with Gasteiger partial charge in [-0.2, -0.15) is 8.42 Å². The average Bonchev–Trinajstić information content (AvgIpc) is 2.47. The van der Waals surface area contributed by atoms with Crippen LogP contribution in [-0.2, 0) is 19.6 Å². The third-order valence-corrected chi connectivity index (χ3v) is 3.68. The first-order chi connectivity index (χ1) is 11.0. The molecule has 0 atom stereocenters. The number of ether oxygens (including phenoxy) is 2. The third-order valence-electron chi connectivity index (χ3n) is 3.00. The lowest BCUT2D eigenvalue weighted by molar-refractivity contribution is 0.0516. The minimum absolute atomic E-state index is 0.0138. The van der Waals surface area contributed by atoms with Crippen molar-refractivity contribution in [1.82, 2.24) is 0 Å². The molecular formula is C17H36O5S. The molecule has 0 saturated heterocycles. The minimum Gasteiger partial charge on any atom is -0.379 e. The molecule has 0 aromatic heterocycles. The van der Waals surface area contributed by atoms with Gasteiger partial charge in [-0.1, -0.05) is 57.9 Å². The van der Waals surface area contributed by atoms with E-state index in [9.17, 15) is 8.42 Å². The Balaban J connectivity index is 0. The molecule has 0 aromatic carbocycles. The Labute approximate surface area is 143 Å². The van der Waals surface area contributed by atoms with Crippen LogP contribution in [0.25, 0.3) is 0 Å². The quantitative estimate of drug-likeness (QED) is 0.271. The van der Waals surface area contributed by atoms with Crippen LogP contribution in [0.15, 0.2) is 12.7 Å². The predicted molar refractivity (Wildman–Crippen MR) is 96.5 cm³/mol. The highest BCUT2D eigenvalue weighted by molar-refractivity contribution is 7.85. The Hall–Kier alpha value is -0.430. The van der Waals surface area contributed by atoms with E-state index in [4.69, 9.17) is 14.0 Å². The van der Waals surface area contributed by atoms with Gasteiger partial charge in [-0.3, -0.25) is 4.55 Å². The Morgan fingerprint density at radius 3 is 1.78 bits per heavy atom. The predicted octanol–water partition coefficient (Wildman–Crippen LogP) is 4.24. The third kappa shape index (κ3) is 30.1. The minimum atomic E-state index is -3.91. The lowest BCUT2D eigenvalue weighted by Gasteiger charge is -2.05. The van der Waals surface area contributed by atoms with Gasteiger partial charge >= 0.3 is 0 Å². The van der Waals surface area contributed by atoms with E-state index in [1.165, 1.54) is 44.9 Å². The molecule has 23 heavy (non-hydrogen) atoms. The topological polar surface area (TPSA) is 72.8 Å². The van der Waals surface area contributed by atoms with Crippen LogP contribution in [0.2, 0.25) is 0 Å². The molecule has 5 nitrogen and oxygen atoms in total. The van der Waals surface area contributed by atoms with Gasteiger partial charge < -0.3 is 9.47 Å². The van der Waals surface area contributed by atoms with Gasteiger partial charge in [0.15, 0.2) is 0 Å². The highest BCUT2D eigenvalue weighted by Crippen LogP contribution is 2.08. The van der Waals surface area contributed by atoms with E-state index in [-0.39, 0.29) is 12.4 Å². The van der Waals surface area contributed by atoms with Gasteiger partial charge in [-0.25, -0.2) is 0 Å². The first kappa shape index (κ1) is 24.8. The summed E-state index contributed by atoms with van der Waals surface area (Å²) in [6.45, 7) is 9.06. The molecular weight excluding hydrogens is 316 g/mol. The fourth-order valence-corrected chi connectivity index (χ4v) is 2.15. The van der Waals surface area contributed by atoms with E-state index in [1.807, 2.05) is 6.92 Å². The van der Waals surface area contributed by atoms with Gasteiger partial charge in [0.25, 0.3) is 10.1 Å². The number of hydrogen-bond donors (Lipinski definition) is 1. The Kier molecular flexibility index (Phi) is 21.2. The molecule has 0 aliphatic rings. The van der Waals surface area contributed by atoms with Crippen molar-refractivity contribution >= 4 is 10.1 Å². The van der Waals surface area contributed by atoms with E-state index in [1.54, 1.807) is 6.08 Å². The molecule has 0 aliphatic carbocycles. The second-order valence-electron chi connectivity index (χ2n) is 5.39. The molecule has 0 radical (unpaired) electrons. The highest BCUT2D eigenvalue weighted by atomic mass is 32.2. The van der Waals surface area contributed by atoms with Crippen LogP contribution < -0.4 is 0 Å². The van der Waals surface area contributed by atoms with Gasteiger partial charge in [0.1, 0.15) is 0 Å². The molecule has 0 rings (SSSR count). The zero-order valence-electron chi connectivity index (χ0n) is 15.0. The normalized spacial score (nSPS) is 10.9. The maximum atomic E-state index is 10.4. The first-order valence-electron chi connectivity index (χ1n) is 8.65. The van der Waals surface area contributed by atoms with Crippen LogP contribution in [0.4, 0.5) is 0 Å². The fourth-order valence-electron chi connectivity index (χ4n) is 1.82. The molecule has 0 spiro atoms. The summed E-state index contributed by atoms with van der Waals surface area (Å²) < 4.78 is 39.7. The fraction of sp³-hybridized carbons (Fsp3) is 0.882. The van der Waals surface area contributed by atoms with Crippen molar-refractivity contribution in [3.8, 4) is 0 Å². The number of allylic oxidation sites excluding steroid dienone is 1. The highest BCUT2D eigenvalue weighted by Gasteiger charge is 2.02. The van der Waals surface area contributed by atoms with Crippen molar-refractivity contribution in [2.45, 2.75) is 65.2 Å². The molecule has 0 heterocycles. The smallest absolute Gasteiger partial charge is 0.267 e. The summed E-state index contributed by atoms with van der Waals surface area (Å²) in [5.41, 5.74) is 0. The first-order valence-corrected chi connectivity index (χ1v) is 10.3. The van der Waals surface area contributed by atoms with Gasteiger partial charge in [-0.15, -0.1) is 6.58 Å². The number of hydrogen-bond acceptors (Lipinski definition) is 4. The molecule has 6 heteroatoms. The molecule has 0 bridgehead atoms. The number of unbranched alkanes of at least 4 members (excludes halogenated alkanes) is 7. The molecule has 0 amide bonds. The molecule has 0 fully saturated rings. The Bertz CT molecular complexity index is 328. The van der Waals surface area contributed by atoms with Gasteiger partial charge in [0, 0.05) is 6.61 Å². The largest absolute Gasteiger partial charge is 0.379 e. The standard InChI is InChI=1S/C14H30O5S.C3H6/c1-2-3-4-5-6-7-8-9-10-18-11-12-19-13-14-20(15,16)17;1-3-2/h2-14H2,1H3,(H,15,16,17);3H,1H2,2H3. The second-order valence-corrected chi connectivity index (χ2v) is 6.97. The summed E-state index contributed by atoms with van der Waals surface area (Å²) in [5, 5.41) is 0.